The maximum atomic E-state index is 14.4. The number of nitrogens with one attached hydrogen (secondary N) is 2. The summed E-state index contributed by atoms with van der Waals surface area (Å²) < 4.78 is 36.6. The Hall–Kier alpha value is -3.97. The fourth-order valence-electron chi connectivity index (χ4n) is 3.32. The van der Waals surface area contributed by atoms with Gasteiger partial charge in [0.2, 0.25) is 0 Å². The highest BCUT2D eigenvalue weighted by Crippen LogP contribution is 2.53. The molecule has 1 unspecified atom stereocenters. The fraction of sp³-hybridized carbons (Fsp3) is 0.286. The second-order valence-corrected chi connectivity index (χ2v) is 11.3. The van der Waals surface area contributed by atoms with Crippen LogP contribution in [-0.4, -0.2) is 30.2 Å². The number of anilines is 1. The summed E-state index contributed by atoms with van der Waals surface area (Å²) in [5, 5.41) is 5.32. The number of amides is 2. The van der Waals surface area contributed by atoms with Crippen molar-refractivity contribution in [1.82, 2.24) is 5.32 Å². The summed E-state index contributed by atoms with van der Waals surface area (Å²) in [5.74, 6) is -0.467. The Bertz CT molecular complexity index is 1180. The van der Waals surface area contributed by atoms with Gasteiger partial charge in [0.15, 0.2) is 5.78 Å². The molecule has 10 heteroatoms. The van der Waals surface area contributed by atoms with Crippen LogP contribution in [0.5, 0.6) is 11.5 Å². The zero-order valence-corrected chi connectivity index (χ0v) is 22.8. The van der Waals surface area contributed by atoms with E-state index in [-0.39, 0.29) is 13.0 Å². The van der Waals surface area contributed by atoms with Crippen LogP contribution in [0.2, 0.25) is 0 Å². The van der Waals surface area contributed by atoms with Gasteiger partial charge in [-0.1, -0.05) is 48.5 Å². The summed E-state index contributed by atoms with van der Waals surface area (Å²) in [5.41, 5.74) is 0.589. The van der Waals surface area contributed by atoms with Crippen LogP contribution >= 0.6 is 7.60 Å². The molecule has 0 aromatic heterocycles. The molecule has 0 aliphatic carbocycles. The molecule has 38 heavy (non-hydrogen) atoms. The molecule has 3 aromatic carbocycles. The predicted octanol–water partition coefficient (Wildman–Crippen LogP) is 7.00. The summed E-state index contributed by atoms with van der Waals surface area (Å²) >= 11 is 0. The minimum atomic E-state index is -4.08. The molecule has 9 nitrogen and oxygen atoms in total. The third-order valence-electron chi connectivity index (χ3n) is 4.92. The predicted molar refractivity (Wildman–Crippen MR) is 146 cm³/mol. The van der Waals surface area contributed by atoms with E-state index in [1.807, 2.05) is 0 Å². The molecular formula is C28H33N2O7P. The average Bonchev–Trinajstić information content (AvgIpc) is 2.85. The minimum Gasteiger partial charge on any atom is -0.450 e. The van der Waals surface area contributed by atoms with Crippen LogP contribution in [0, 0.1) is 0 Å². The van der Waals surface area contributed by atoms with Crippen LogP contribution in [-0.2, 0) is 20.5 Å². The molecule has 0 saturated carbocycles. The lowest BCUT2D eigenvalue weighted by Crippen LogP contribution is -2.39. The number of hydrogen-bond acceptors (Lipinski definition) is 7. The van der Waals surface area contributed by atoms with Crippen molar-refractivity contribution >= 4 is 25.5 Å². The molecular weight excluding hydrogens is 507 g/mol. The van der Waals surface area contributed by atoms with E-state index >= 15 is 0 Å². The van der Waals surface area contributed by atoms with Crippen LogP contribution in [0.25, 0.3) is 0 Å². The molecule has 0 radical (unpaired) electrons. The molecule has 1 atom stereocenters. The second-order valence-electron chi connectivity index (χ2n) is 9.26. The summed E-state index contributed by atoms with van der Waals surface area (Å²) in [6.07, 6.45) is -1.25. The van der Waals surface area contributed by atoms with Gasteiger partial charge in [-0.25, -0.2) is 14.2 Å². The normalized spacial score (nSPS) is 12.1. The summed E-state index contributed by atoms with van der Waals surface area (Å²) in [7, 11) is -4.08. The summed E-state index contributed by atoms with van der Waals surface area (Å²) in [6.45, 7) is 7.14. The fourth-order valence-corrected chi connectivity index (χ4v) is 5.14. The molecule has 3 aromatic rings. The van der Waals surface area contributed by atoms with E-state index in [1.165, 1.54) is 0 Å². The van der Waals surface area contributed by atoms with E-state index in [0.717, 1.165) is 0 Å². The third kappa shape index (κ3) is 9.16. The molecule has 0 heterocycles. The summed E-state index contributed by atoms with van der Waals surface area (Å²) in [6, 6.07) is 24.0. The van der Waals surface area contributed by atoms with Crippen LogP contribution in [0.15, 0.2) is 84.9 Å². The van der Waals surface area contributed by atoms with Crippen LogP contribution in [0.3, 0.4) is 0 Å². The lowest BCUT2D eigenvalue weighted by atomic mass is 10.1. The van der Waals surface area contributed by atoms with Gasteiger partial charge in [-0.2, -0.15) is 0 Å². The highest BCUT2D eigenvalue weighted by molar-refractivity contribution is 7.55. The Morgan fingerprint density at radius 1 is 0.816 bits per heavy atom. The highest BCUT2D eigenvalue weighted by Gasteiger charge is 2.41. The van der Waals surface area contributed by atoms with Gasteiger partial charge in [-0.05, 0) is 69.7 Å². The van der Waals surface area contributed by atoms with Crippen molar-refractivity contribution in [3.8, 4) is 11.5 Å². The lowest BCUT2D eigenvalue weighted by Gasteiger charge is -2.28. The average molecular weight is 541 g/mol. The van der Waals surface area contributed by atoms with Crippen molar-refractivity contribution in [2.45, 2.75) is 45.5 Å². The molecule has 2 N–H and O–H groups in total. The van der Waals surface area contributed by atoms with Gasteiger partial charge < -0.3 is 23.8 Å². The second kappa shape index (κ2) is 13.0. The van der Waals surface area contributed by atoms with E-state index in [1.54, 1.807) is 113 Å². The first-order valence-corrected chi connectivity index (χ1v) is 13.8. The zero-order valence-electron chi connectivity index (χ0n) is 21.9. The van der Waals surface area contributed by atoms with Crippen molar-refractivity contribution in [1.29, 1.82) is 0 Å². The number of hydrogen-bond donors (Lipinski definition) is 2. The van der Waals surface area contributed by atoms with Crippen molar-refractivity contribution < 1.29 is 32.7 Å². The van der Waals surface area contributed by atoms with Crippen molar-refractivity contribution in [2.24, 2.45) is 0 Å². The number of alkyl carbamates (subject to hydrolysis) is 1. The number of carbonyl (C=O) groups excluding carboxylic acids is 2. The van der Waals surface area contributed by atoms with Gasteiger partial charge in [0.05, 0.1) is 6.61 Å². The Morgan fingerprint density at radius 2 is 1.34 bits per heavy atom. The lowest BCUT2D eigenvalue weighted by molar-refractivity contribution is 0.0636. The molecule has 0 bridgehead atoms. The van der Waals surface area contributed by atoms with Gasteiger partial charge in [-0.15, -0.1) is 0 Å². The smallest absolute Gasteiger partial charge is 0.450 e. The Balaban J connectivity index is 1.88. The molecule has 0 fully saturated rings. The molecule has 0 spiro atoms. The van der Waals surface area contributed by atoms with E-state index < -0.39 is 31.2 Å². The van der Waals surface area contributed by atoms with Gasteiger partial charge in [0.1, 0.15) is 17.1 Å². The standard InChI is InChI=1S/C28H33N2O7P/c1-5-34-26(31)30-25(20-21-16-18-22(19-17-21)29-27(32)35-28(2,3)4)38(33,36-23-12-8-6-9-13-23)37-24-14-10-7-11-15-24/h6-19,25H,5,20H2,1-4H3,(H,29,32)(H,30,31). The number of ether oxygens (including phenoxy) is 2. The first-order chi connectivity index (χ1) is 18.1. The number of benzene rings is 3. The topological polar surface area (TPSA) is 112 Å². The monoisotopic (exact) mass is 540 g/mol. The van der Waals surface area contributed by atoms with E-state index in [9.17, 15) is 14.2 Å². The van der Waals surface area contributed by atoms with Crippen molar-refractivity contribution in [3.63, 3.8) is 0 Å². The number of carbonyl (C=O) groups is 2. The Morgan fingerprint density at radius 3 is 1.82 bits per heavy atom. The maximum absolute atomic E-state index is 14.4. The first kappa shape index (κ1) is 28.6. The number of rotatable bonds is 10. The number of para-hydroxylation sites is 2. The van der Waals surface area contributed by atoms with Crippen molar-refractivity contribution in [2.75, 3.05) is 11.9 Å². The largest absolute Gasteiger partial charge is 0.453 e. The van der Waals surface area contributed by atoms with E-state index in [0.29, 0.717) is 22.7 Å². The molecule has 0 saturated heterocycles. The molecule has 0 aliphatic rings. The van der Waals surface area contributed by atoms with Gasteiger partial charge in [0, 0.05) is 12.1 Å². The molecule has 2 amide bonds. The van der Waals surface area contributed by atoms with E-state index in [4.69, 9.17) is 18.5 Å². The zero-order chi connectivity index (χ0) is 27.6. The third-order valence-corrected chi connectivity index (χ3v) is 6.93. The SMILES string of the molecule is CCOC(=O)NC(Cc1ccc(NC(=O)OC(C)(C)C)cc1)P(=O)(Oc1ccccc1)Oc1ccccc1. The van der Waals surface area contributed by atoms with E-state index in [2.05, 4.69) is 10.6 Å². The highest BCUT2D eigenvalue weighted by atomic mass is 31.2. The first-order valence-electron chi connectivity index (χ1n) is 12.2. The van der Waals surface area contributed by atoms with Crippen LogP contribution in [0.4, 0.5) is 15.3 Å². The summed E-state index contributed by atoms with van der Waals surface area (Å²) in [4.78, 5) is 24.5. The van der Waals surface area contributed by atoms with Gasteiger partial charge in [0.25, 0.3) is 0 Å². The quantitative estimate of drug-likeness (QED) is 0.266. The minimum absolute atomic E-state index is 0.0858. The van der Waals surface area contributed by atoms with Gasteiger partial charge >= 0.3 is 19.8 Å². The van der Waals surface area contributed by atoms with Gasteiger partial charge in [-0.3, -0.25) is 5.32 Å². The van der Waals surface area contributed by atoms with Crippen LogP contribution < -0.4 is 19.7 Å². The van der Waals surface area contributed by atoms with Crippen molar-refractivity contribution in [3.05, 3.63) is 90.5 Å². The molecule has 202 valence electrons. The Kier molecular flexibility index (Phi) is 9.79. The molecule has 0 aliphatic heterocycles. The van der Waals surface area contributed by atoms with Crippen LogP contribution in [0.1, 0.15) is 33.3 Å². The Labute approximate surface area is 223 Å². The maximum Gasteiger partial charge on any atom is 0.453 e. The molecule has 3 rings (SSSR count).